The van der Waals surface area contributed by atoms with Gasteiger partial charge in [0, 0.05) is 37.5 Å². The van der Waals surface area contributed by atoms with Crippen LogP contribution in [0.25, 0.3) is 0 Å². The molecule has 1 aromatic carbocycles. The number of aryl methyl sites for hydroxylation is 1. The number of nitrogens with zero attached hydrogens (tertiary/aromatic N) is 5. The van der Waals surface area contributed by atoms with Crippen molar-refractivity contribution in [3.63, 3.8) is 0 Å². The molecule has 0 bridgehead atoms. The minimum atomic E-state index is -0.113. The van der Waals surface area contributed by atoms with Crippen molar-refractivity contribution in [2.45, 2.75) is 58.4 Å². The zero-order valence-corrected chi connectivity index (χ0v) is 17.0. The van der Waals surface area contributed by atoms with Gasteiger partial charge in [-0.05, 0) is 40.7 Å². The molecule has 1 atom stereocenters. The summed E-state index contributed by atoms with van der Waals surface area (Å²) in [6, 6.07) is 7.93. The van der Waals surface area contributed by atoms with E-state index in [4.69, 9.17) is 0 Å². The van der Waals surface area contributed by atoms with Gasteiger partial charge < -0.3 is 4.90 Å². The summed E-state index contributed by atoms with van der Waals surface area (Å²) in [7, 11) is 0. The molecule has 3 rings (SSSR count). The Morgan fingerprint density at radius 2 is 1.93 bits per heavy atom. The summed E-state index contributed by atoms with van der Waals surface area (Å²) in [5, 5.41) is 11.0. The fourth-order valence-corrected chi connectivity index (χ4v) is 3.62. The third-order valence-electron chi connectivity index (χ3n) is 5.35. The van der Waals surface area contributed by atoms with Gasteiger partial charge in [0.05, 0.1) is 0 Å². The number of tetrazole rings is 1. The van der Waals surface area contributed by atoms with Gasteiger partial charge in [0.2, 0.25) is 5.91 Å². The minimum Gasteiger partial charge on any atom is -0.342 e. The van der Waals surface area contributed by atoms with E-state index in [0.29, 0.717) is 25.9 Å². The predicted molar refractivity (Wildman–Crippen MR) is 106 cm³/mol. The Hall–Kier alpha value is -2.57. The maximum atomic E-state index is 12.9. The number of ketones is 1. The summed E-state index contributed by atoms with van der Waals surface area (Å²) >= 11 is 0. The van der Waals surface area contributed by atoms with Crippen molar-refractivity contribution < 1.29 is 9.59 Å². The van der Waals surface area contributed by atoms with Crippen molar-refractivity contribution in [1.82, 2.24) is 25.1 Å². The van der Waals surface area contributed by atoms with Crippen molar-refractivity contribution in [2.75, 3.05) is 13.1 Å². The van der Waals surface area contributed by atoms with E-state index in [0.717, 1.165) is 24.9 Å². The lowest BCUT2D eigenvalue weighted by Gasteiger charge is -2.32. The smallest absolute Gasteiger partial charge is 0.222 e. The molecule has 2 aromatic rings. The van der Waals surface area contributed by atoms with Crippen LogP contribution >= 0.6 is 0 Å². The van der Waals surface area contributed by atoms with Gasteiger partial charge >= 0.3 is 0 Å². The summed E-state index contributed by atoms with van der Waals surface area (Å²) in [4.78, 5) is 27.3. The molecule has 1 saturated heterocycles. The third-order valence-corrected chi connectivity index (χ3v) is 5.35. The van der Waals surface area contributed by atoms with Crippen molar-refractivity contribution >= 4 is 11.7 Å². The van der Waals surface area contributed by atoms with Gasteiger partial charge in [0.15, 0.2) is 5.78 Å². The highest BCUT2D eigenvalue weighted by Gasteiger charge is 2.29. The lowest BCUT2D eigenvalue weighted by atomic mass is 9.85. The Labute approximate surface area is 166 Å². The first kappa shape index (κ1) is 20.2. The number of carbonyl (C=O) groups excluding carboxylic acids is 2. The van der Waals surface area contributed by atoms with E-state index in [1.165, 1.54) is 5.56 Å². The molecule has 2 heterocycles. The molecule has 0 aliphatic carbocycles. The van der Waals surface area contributed by atoms with Crippen LogP contribution in [0.5, 0.6) is 0 Å². The fourth-order valence-electron chi connectivity index (χ4n) is 3.62. The zero-order chi connectivity index (χ0) is 20.1. The molecule has 1 aromatic heterocycles. The van der Waals surface area contributed by atoms with E-state index in [-0.39, 0.29) is 23.0 Å². The SMILES string of the molecule is CC(C)(C)c1ccc(C(=O)C2CCCN(C(=O)CCCn3cnnn3)C2)cc1. The molecule has 1 fully saturated rings. The van der Waals surface area contributed by atoms with Crippen LogP contribution in [0.15, 0.2) is 30.6 Å². The number of carbonyl (C=O) groups is 2. The van der Waals surface area contributed by atoms with Crippen molar-refractivity contribution in [1.29, 1.82) is 0 Å². The first-order valence-corrected chi connectivity index (χ1v) is 9.98. The number of hydrogen-bond donors (Lipinski definition) is 0. The van der Waals surface area contributed by atoms with Crippen LogP contribution in [-0.4, -0.2) is 49.9 Å². The van der Waals surface area contributed by atoms with Gasteiger partial charge in [0.1, 0.15) is 6.33 Å². The van der Waals surface area contributed by atoms with Crippen LogP contribution in [0, 0.1) is 5.92 Å². The molecule has 0 spiro atoms. The van der Waals surface area contributed by atoms with E-state index < -0.39 is 0 Å². The van der Waals surface area contributed by atoms with Crippen LogP contribution in [0.3, 0.4) is 0 Å². The minimum absolute atomic E-state index is 0.0674. The summed E-state index contributed by atoms with van der Waals surface area (Å²) in [6.07, 6.45) is 4.39. The van der Waals surface area contributed by atoms with Crippen LogP contribution in [-0.2, 0) is 16.8 Å². The van der Waals surface area contributed by atoms with Crippen LogP contribution in [0.2, 0.25) is 0 Å². The van der Waals surface area contributed by atoms with E-state index in [2.05, 4.69) is 36.3 Å². The maximum absolute atomic E-state index is 12.9. The summed E-state index contributed by atoms with van der Waals surface area (Å²) in [6.45, 7) is 8.35. The van der Waals surface area contributed by atoms with Gasteiger partial charge in [0.25, 0.3) is 0 Å². The molecule has 0 saturated carbocycles. The monoisotopic (exact) mass is 383 g/mol. The Kier molecular flexibility index (Phi) is 6.21. The quantitative estimate of drug-likeness (QED) is 0.717. The molecule has 7 nitrogen and oxygen atoms in total. The summed E-state index contributed by atoms with van der Waals surface area (Å²) < 4.78 is 1.62. The van der Waals surface area contributed by atoms with E-state index >= 15 is 0 Å². The maximum Gasteiger partial charge on any atom is 0.222 e. The Bertz CT molecular complexity index is 793. The number of aromatic nitrogens is 4. The fraction of sp³-hybridized carbons (Fsp3) is 0.571. The average molecular weight is 383 g/mol. The summed E-state index contributed by atoms with van der Waals surface area (Å²) in [5.74, 6) is 0.137. The number of benzene rings is 1. The highest BCUT2D eigenvalue weighted by Crippen LogP contribution is 2.25. The number of rotatable bonds is 6. The first-order valence-electron chi connectivity index (χ1n) is 9.98. The molecule has 150 valence electrons. The lowest BCUT2D eigenvalue weighted by Crippen LogP contribution is -2.42. The molecule has 1 aliphatic heterocycles. The van der Waals surface area contributed by atoms with Crippen molar-refractivity contribution in [3.05, 3.63) is 41.7 Å². The topological polar surface area (TPSA) is 81.0 Å². The number of piperidine rings is 1. The molecular weight excluding hydrogens is 354 g/mol. The number of hydrogen-bond acceptors (Lipinski definition) is 5. The Morgan fingerprint density at radius 1 is 1.18 bits per heavy atom. The summed E-state index contributed by atoms with van der Waals surface area (Å²) in [5.41, 5.74) is 2.02. The Balaban J connectivity index is 1.54. The van der Waals surface area contributed by atoms with E-state index in [1.807, 2.05) is 29.2 Å². The Morgan fingerprint density at radius 3 is 2.57 bits per heavy atom. The molecule has 1 amide bonds. The molecule has 1 unspecified atom stereocenters. The predicted octanol–water partition coefficient (Wildman–Crippen LogP) is 2.87. The zero-order valence-electron chi connectivity index (χ0n) is 17.0. The molecule has 28 heavy (non-hydrogen) atoms. The van der Waals surface area contributed by atoms with Crippen LogP contribution in [0.4, 0.5) is 0 Å². The van der Waals surface area contributed by atoms with Gasteiger partial charge in [-0.3, -0.25) is 9.59 Å². The molecule has 0 radical (unpaired) electrons. The van der Waals surface area contributed by atoms with Gasteiger partial charge in [-0.15, -0.1) is 5.10 Å². The van der Waals surface area contributed by atoms with Gasteiger partial charge in [-0.1, -0.05) is 45.0 Å². The number of likely N-dealkylation sites (tertiary alicyclic amines) is 1. The van der Waals surface area contributed by atoms with Gasteiger partial charge in [-0.25, -0.2) is 4.68 Å². The first-order chi connectivity index (χ1) is 13.3. The number of Topliss-reactive ketones (excluding diaryl/α,β-unsaturated/α-hetero) is 1. The average Bonchev–Trinajstić information content (AvgIpc) is 3.20. The second-order valence-corrected chi connectivity index (χ2v) is 8.55. The molecule has 7 heteroatoms. The largest absolute Gasteiger partial charge is 0.342 e. The number of amides is 1. The third kappa shape index (κ3) is 5.03. The van der Waals surface area contributed by atoms with E-state index in [1.54, 1.807) is 11.0 Å². The second-order valence-electron chi connectivity index (χ2n) is 8.55. The van der Waals surface area contributed by atoms with Crippen LogP contribution in [0.1, 0.15) is 62.4 Å². The lowest BCUT2D eigenvalue weighted by molar-refractivity contribution is -0.132. The van der Waals surface area contributed by atoms with E-state index in [9.17, 15) is 9.59 Å². The van der Waals surface area contributed by atoms with Gasteiger partial charge in [-0.2, -0.15) is 0 Å². The van der Waals surface area contributed by atoms with Crippen molar-refractivity contribution in [3.8, 4) is 0 Å². The highest BCUT2D eigenvalue weighted by molar-refractivity contribution is 5.98. The highest BCUT2D eigenvalue weighted by atomic mass is 16.2. The van der Waals surface area contributed by atoms with Crippen molar-refractivity contribution in [2.24, 2.45) is 5.92 Å². The van der Waals surface area contributed by atoms with Crippen LogP contribution < -0.4 is 0 Å². The standard InChI is InChI=1S/C21H29N5O2/c1-21(2,3)18-10-8-16(9-11-18)20(28)17-6-4-12-25(14-17)19(27)7-5-13-26-15-22-23-24-26/h8-11,15,17H,4-7,12-14H2,1-3H3. The molecule has 1 aliphatic rings. The second kappa shape index (κ2) is 8.63. The normalized spacial score (nSPS) is 17.5. The molecule has 0 N–H and O–H groups in total. The molecular formula is C21H29N5O2.